The first-order valence-corrected chi connectivity index (χ1v) is 5.49. The summed E-state index contributed by atoms with van der Waals surface area (Å²) in [6, 6.07) is 10.3. The lowest BCUT2D eigenvalue weighted by molar-refractivity contribution is 0.466. The number of hydrogen-bond acceptors (Lipinski definition) is 2. The van der Waals surface area contributed by atoms with Crippen molar-refractivity contribution in [1.29, 1.82) is 0 Å². The van der Waals surface area contributed by atoms with E-state index in [4.69, 9.17) is 0 Å². The zero-order valence-electron chi connectivity index (χ0n) is 9.93. The molecule has 0 fully saturated rings. The van der Waals surface area contributed by atoms with Crippen molar-refractivity contribution < 1.29 is 5.11 Å². The second-order valence-corrected chi connectivity index (χ2v) is 3.85. The Kier molecular flexibility index (Phi) is 4.76. The molecule has 2 nitrogen and oxygen atoms in total. The molecule has 2 rings (SSSR count). The lowest BCUT2D eigenvalue weighted by Gasteiger charge is -2.04. The standard InChI is InChI=1S/C14H15NO.B/c1-2-11-3-5-12(6-4-11)9-13-7-8-15-10-14(13)16;/h3-8,10,16H,2,9H2,1H3;. The van der Waals surface area contributed by atoms with E-state index in [-0.39, 0.29) is 14.2 Å². The first kappa shape index (κ1) is 13.3. The molecule has 0 saturated heterocycles. The highest BCUT2D eigenvalue weighted by Gasteiger charge is 2.01. The molecule has 1 heterocycles. The van der Waals surface area contributed by atoms with Crippen LogP contribution < -0.4 is 0 Å². The smallest absolute Gasteiger partial charge is 0.137 e. The summed E-state index contributed by atoms with van der Waals surface area (Å²) in [6.45, 7) is 2.14. The minimum Gasteiger partial charge on any atom is -0.506 e. The molecule has 0 atom stereocenters. The number of rotatable bonds is 3. The van der Waals surface area contributed by atoms with Crippen LogP contribution in [-0.4, -0.2) is 18.5 Å². The van der Waals surface area contributed by atoms with Crippen LogP contribution in [0.2, 0.25) is 0 Å². The Hall–Kier alpha value is -1.77. The van der Waals surface area contributed by atoms with E-state index in [1.807, 2.05) is 6.07 Å². The van der Waals surface area contributed by atoms with Crippen molar-refractivity contribution in [3.05, 3.63) is 59.4 Å². The number of hydrogen-bond donors (Lipinski definition) is 1. The van der Waals surface area contributed by atoms with Crippen molar-refractivity contribution in [3.8, 4) is 5.75 Å². The third-order valence-corrected chi connectivity index (χ3v) is 2.71. The number of aromatic hydroxyl groups is 1. The Morgan fingerprint density at radius 1 is 1.06 bits per heavy atom. The molecular formula is C14H15BNO. The molecule has 2 aromatic rings. The molecule has 3 radical (unpaired) electrons. The average molecular weight is 224 g/mol. The highest BCUT2D eigenvalue weighted by molar-refractivity contribution is 5.75. The molecule has 0 spiro atoms. The predicted molar refractivity (Wildman–Crippen MR) is 70.3 cm³/mol. The van der Waals surface area contributed by atoms with E-state index in [1.54, 1.807) is 6.20 Å². The Bertz CT molecular complexity index is 468. The Morgan fingerprint density at radius 2 is 1.71 bits per heavy atom. The van der Waals surface area contributed by atoms with Crippen LogP contribution in [-0.2, 0) is 12.8 Å². The van der Waals surface area contributed by atoms with Crippen LogP contribution in [0.4, 0.5) is 0 Å². The van der Waals surface area contributed by atoms with Crippen molar-refractivity contribution in [2.45, 2.75) is 19.8 Å². The number of nitrogens with zero attached hydrogens (tertiary/aromatic N) is 1. The van der Waals surface area contributed by atoms with Crippen molar-refractivity contribution in [1.82, 2.24) is 4.98 Å². The second kappa shape index (κ2) is 6.09. The lowest BCUT2D eigenvalue weighted by Crippen LogP contribution is -1.90. The van der Waals surface area contributed by atoms with Gasteiger partial charge in [-0.15, -0.1) is 0 Å². The van der Waals surface area contributed by atoms with Gasteiger partial charge >= 0.3 is 0 Å². The van der Waals surface area contributed by atoms with E-state index in [1.165, 1.54) is 17.3 Å². The average Bonchev–Trinajstić information content (AvgIpc) is 2.33. The van der Waals surface area contributed by atoms with Crippen molar-refractivity contribution in [2.24, 2.45) is 0 Å². The molecule has 1 aromatic heterocycles. The molecule has 0 saturated carbocycles. The van der Waals surface area contributed by atoms with Gasteiger partial charge in [-0.05, 0) is 23.6 Å². The third kappa shape index (κ3) is 3.35. The molecule has 0 aliphatic heterocycles. The topological polar surface area (TPSA) is 33.1 Å². The summed E-state index contributed by atoms with van der Waals surface area (Å²) in [6.07, 6.45) is 4.99. The second-order valence-electron chi connectivity index (χ2n) is 3.85. The number of aromatic nitrogens is 1. The Morgan fingerprint density at radius 3 is 2.29 bits per heavy atom. The normalized spacial score (nSPS) is 9.71. The lowest BCUT2D eigenvalue weighted by atomic mass is 10.0. The number of pyridine rings is 1. The highest BCUT2D eigenvalue weighted by atomic mass is 16.3. The minimum atomic E-state index is 0. The predicted octanol–water partition coefficient (Wildman–Crippen LogP) is 2.56. The van der Waals surface area contributed by atoms with Gasteiger partial charge in [-0.25, -0.2) is 0 Å². The van der Waals surface area contributed by atoms with Gasteiger partial charge in [-0.1, -0.05) is 31.2 Å². The first-order chi connectivity index (χ1) is 7.79. The molecule has 0 amide bonds. The van der Waals surface area contributed by atoms with Crippen LogP contribution in [0.5, 0.6) is 5.75 Å². The van der Waals surface area contributed by atoms with E-state index in [2.05, 4.69) is 36.2 Å². The van der Waals surface area contributed by atoms with Crippen LogP contribution in [0.1, 0.15) is 23.6 Å². The summed E-state index contributed by atoms with van der Waals surface area (Å²) in [4.78, 5) is 3.86. The maximum Gasteiger partial charge on any atom is 0.137 e. The summed E-state index contributed by atoms with van der Waals surface area (Å²) in [5.41, 5.74) is 3.46. The van der Waals surface area contributed by atoms with E-state index >= 15 is 0 Å². The van der Waals surface area contributed by atoms with E-state index in [0.29, 0.717) is 0 Å². The van der Waals surface area contributed by atoms with Crippen LogP contribution >= 0.6 is 0 Å². The van der Waals surface area contributed by atoms with Crippen LogP contribution in [0.15, 0.2) is 42.7 Å². The Balaban J connectivity index is 0.00000144. The van der Waals surface area contributed by atoms with Crippen LogP contribution in [0.25, 0.3) is 0 Å². The van der Waals surface area contributed by atoms with Crippen LogP contribution in [0, 0.1) is 0 Å². The van der Waals surface area contributed by atoms with Crippen molar-refractivity contribution in [2.75, 3.05) is 0 Å². The summed E-state index contributed by atoms with van der Waals surface area (Å²) < 4.78 is 0. The van der Waals surface area contributed by atoms with Gasteiger partial charge in [-0.2, -0.15) is 0 Å². The maximum absolute atomic E-state index is 9.61. The molecule has 0 unspecified atom stereocenters. The zero-order valence-corrected chi connectivity index (χ0v) is 9.93. The molecular weight excluding hydrogens is 209 g/mol. The van der Waals surface area contributed by atoms with Gasteiger partial charge in [0.1, 0.15) is 5.75 Å². The summed E-state index contributed by atoms with van der Waals surface area (Å²) in [5.74, 6) is 0.266. The molecule has 0 bridgehead atoms. The van der Waals surface area contributed by atoms with Gasteiger partial charge in [0.2, 0.25) is 0 Å². The van der Waals surface area contributed by atoms with Gasteiger partial charge in [0.25, 0.3) is 0 Å². The largest absolute Gasteiger partial charge is 0.506 e. The summed E-state index contributed by atoms with van der Waals surface area (Å²) >= 11 is 0. The van der Waals surface area contributed by atoms with E-state index in [0.717, 1.165) is 18.4 Å². The van der Waals surface area contributed by atoms with Crippen molar-refractivity contribution in [3.63, 3.8) is 0 Å². The van der Waals surface area contributed by atoms with Gasteiger partial charge in [-0.3, -0.25) is 4.98 Å². The van der Waals surface area contributed by atoms with Gasteiger partial charge in [0, 0.05) is 26.6 Å². The molecule has 0 aliphatic carbocycles. The molecule has 85 valence electrons. The SMILES string of the molecule is CCc1ccc(Cc2ccncc2O)cc1.[B]. The van der Waals surface area contributed by atoms with E-state index in [9.17, 15) is 5.11 Å². The number of benzene rings is 1. The van der Waals surface area contributed by atoms with Crippen molar-refractivity contribution >= 4 is 8.41 Å². The molecule has 3 heteroatoms. The fourth-order valence-electron chi connectivity index (χ4n) is 1.68. The van der Waals surface area contributed by atoms with E-state index < -0.39 is 0 Å². The molecule has 17 heavy (non-hydrogen) atoms. The minimum absolute atomic E-state index is 0. The van der Waals surface area contributed by atoms with Gasteiger partial charge in [0.15, 0.2) is 0 Å². The summed E-state index contributed by atoms with van der Waals surface area (Å²) in [7, 11) is 0. The maximum atomic E-state index is 9.61. The quantitative estimate of drug-likeness (QED) is 0.812. The molecule has 1 aromatic carbocycles. The van der Waals surface area contributed by atoms with Gasteiger partial charge in [0.05, 0.1) is 6.20 Å². The first-order valence-electron chi connectivity index (χ1n) is 5.49. The highest BCUT2D eigenvalue weighted by Crippen LogP contribution is 2.18. The third-order valence-electron chi connectivity index (χ3n) is 2.71. The van der Waals surface area contributed by atoms with Gasteiger partial charge < -0.3 is 5.11 Å². The van der Waals surface area contributed by atoms with Crippen LogP contribution in [0.3, 0.4) is 0 Å². The molecule has 0 aliphatic rings. The fourth-order valence-corrected chi connectivity index (χ4v) is 1.68. The summed E-state index contributed by atoms with van der Waals surface area (Å²) in [5, 5.41) is 9.61. The molecule has 1 N–H and O–H groups in total. The monoisotopic (exact) mass is 224 g/mol. The fraction of sp³-hybridized carbons (Fsp3) is 0.214. The zero-order chi connectivity index (χ0) is 11.4. The number of aryl methyl sites for hydroxylation is 1. The Labute approximate surface area is 104 Å².